The summed E-state index contributed by atoms with van der Waals surface area (Å²) < 4.78 is 32.2. The van der Waals surface area contributed by atoms with Gasteiger partial charge < -0.3 is 4.74 Å². The predicted molar refractivity (Wildman–Crippen MR) is 84.9 cm³/mol. The first kappa shape index (κ1) is 16.9. The number of aryl methyl sites for hydroxylation is 1. The average molecular weight is 336 g/mol. The number of hydrogen-bond acceptors (Lipinski definition) is 5. The van der Waals surface area contributed by atoms with E-state index in [1.54, 1.807) is 31.2 Å². The van der Waals surface area contributed by atoms with Crippen molar-refractivity contribution >= 4 is 15.7 Å². The van der Waals surface area contributed by atoms with Crippen molar-refractivity contribution < 1.29 is 18.1 Å². The molecule has 0 unspecified atom stereocenters. The van der Waals surface area contributed by atoms with E-state index in [1.807, 2.05) is 0 Å². The number of nitro groups is 1. The molecule has 8 heteroatoms. The fourth-order valence-electron chi connectivity index (χ4n) is 2.06. The minimum atomic E-state index is -3.87. The molecule has 0 saturated heterocycles. The van der Waals surface area contributed by atoms with Crippen molar-refractivity contribution in [3.8, 4) is 5.75 Å². The maximum Gasteiger partial charge on any atom is 0.273 e. The van der Waals surface area contributed by atoms with Crippen LogP contribution in [0.5, 0.6) is 5.75 Å². The van der Waals surface area contributed by atoms with Crippen LogP contribution in [0.1, 0.15) is 11.1 Å². The molecule has 2 aromatic rings. The normalized spacial score (nSPS) is 11.2. The Morgan fingerprint density at radius 2 is 1.91 bits per heavy atom. The molecule has 0 spiro atoms. The van der Waals surface area contributed by atoms with E-state index in [0.717, 1.165) is 6.07 Å². The van der Waals surface area contributed by atoms with Crippen LogP contribution in [0.4, 0.5) is 5.69 Å². The molecule has 0 aliphatic carbocycles. The second kappa shape index (κ2) is 6.76. The highest BCUT2D eigenvalue weighted by Gasteiger charge is 2.20. The number of hydrogen-bond donors (Lipinski definition) is 1. The summed E-state index contributed by atoms with van der Waals surface area (Å²) in [5.74, 6) is 0.560. The van der Waals surface area contributed by atoms with Gasteiger partial charge in [0.15, 0.2) is 0 Å². The summed E-state index contributed by atoms with van der Waals surface area (Å²) in [6, 6.07) is 10.8. The van der Waals surface area contributed by atoms with E-state index in [4.69, 9.17) is 4.74 Å². The number of sulfonamides is 1. The van der Waals surface area contributed by atoms with Crippen molar-refractivity contribution in [2.45, 2.75) is 18.4 Å². The quantitative estimate of drug-likeness (QED) is 0.645. The van der Waals surface area contributed by atoms with Gasteiger partial charge >= 0.3 is 0 Å². The molecular formula is C15H16N2O5S. The number of nitrogens with one attached hydrogen (secondary N) is 1. The van der Waals surface area contributed by atoms with E-state index >= 15 is 0 Å². The highest BCUT2D eigenvalue weighted by atomic mass is 32.2. The molecule has 2 aromatic carbocycles. The van der Waals surface area contributed by atoms with E-state index in [-0.39, 0.29) is 17.1 Å². The maximum atomic E-state index is 12.3. The molecule has 122 valence electrons. The Bertz CT molecular complexity index is 834. The first-order chi connectivity index (χ1) is 10.8. The molecule has 7 nitrogen and oxygen atoms in total. The van der Waals surface area contributed by atoms with Crippen molar-refractivity contribution in [2.24, 2.45) is 0 Å². The Kier molecular flexibility index (Phi) is 4.97. The monoisotopic (exact) mass is 336 g/mol. The summed E-state index contributed by atoms with van der Waals surface area (Å²) in [4.78, 5) is 10.2. The number of benzene rings is 2. The third-order valence-electron chi connectivity index (χ3n) is 3.33. The molecule has 0 radical (unpaired) electrons. The van der Waals surface area contributed by atoms with Crippen molar-refractivity contribution in [1.29, 1.82) is 0 Å². The predicted octanol–water partition coefficient (Wildman–Crippen LogP) is 2.39. The van der Waals surface area contributed by atoms with Gasteiger partial charge in [-0.2, -0.15) is 0 Å². The second-order valence-corrected chi connectivity index (χ2v) is 6.61. The molecule has 0 saturated carbocycles. The Morgan fingerprint density at radius 1 is 1.22 bits per heavy atom. The largest absolute Gasteiger partial charge is 0.496 e. The maximum absolute atomic E-state index is 12.3. The zero-order chi connectivity index (χ0) is 17.0. The zero-order valence-electron chi connectivity index (χ0n) is 12.6. The second-order valence-electron chi connectivity index (χ2n) is 4.84. The molecule has 0 aliphatic rings. The fraction of sp³-hybridized carbons (Fsp3) is 0.200. The lowest BCUT2D eigenvalue weighted by atomic mass is 10.2. The lowest BCUT2D eigenvalue weighted by Crippen LogP contribution is -2.23. The van der Waals surface area contributed by atoms with Gasteiger partial charge in [0.1, 0.15) is 5.75 Å². The van der Waals surface area contributed by atoms with Gasteiger partial charge in [-0.25, -0.2) is 13.1 Å². The minimum Gasteiger partial charge on any atom is -0.496 e. The van der Waals surface area contributed by atoms with Crippen LogP contribution in [0.3, 0.4) is 0 Å². The molecule has 0 heterocycles. The SMILES string of the molecule is COc1ccccc1CNS(=O)(=O)c1ccc(C)c([N+](=O)[O-])c1. The van der Waals surface area contributed by atoms with Gasteiger partial charge in [0.05, 0.1) is 16.9 Å². The van der Waals surface area contributed by atoms with Gasteiger partial charge in [0.2, 0.25) is 10.0 Å². The number of para-hydroxylation sites is 1. The van der Waals surface area contributed by atoms with Crippen LogP contribution < -0.4 is 9.46 Å². The zero-order valence-corrected chi connectivity index (χ0v) is 13.5. The number of ether oxygens (including phenoxy) is 1. The third kappa shape index (κ3) is 3.85. The van der Waals surface area contributed by atoms with E-state index < -0.39 is 14.9 Å². The van der Waals surface area contributed by atoms with E-state index in [9.17, 15) is 18.5 Å². The summed E-state index contributed by atoms with van der Waals surface area (Å²) in [5.41, 5.74) is 0.837. The fourth-order valence-corrected chi connectivity index (χ4v) is 3.08. The van der Waals surface area contributed by atoms with Gasteiger partial charge in [-0.3, -0.25) is 10.1 Å². The lowest BCUT2D eigenvalue weighted by molar-refractivity contribution is -0.385. The molecule has 0 fully saturated rings. The van der Waals surface area contributed by atoms with Crippen LogP contribution in [0.2, 0.25) is 0 Å². The van der Waals surface area contributed by atoms with Crippen LogP contribution in [0.25, 0.3) is 0 Å². The summed E-state index contributed by atoms with van der Waals surface area (Å²) in [6.45, 7) is 1.57. The van der Waals surface area contributed by atoms with Gasteiger partial charge in [-0.05, 0) is 19.1 Å². The molecule has 0 amide bonds. The molecule has 1 N–H and O–H groups in total. The number of methoxy groups -OCH3 is 1. The molecule has 0 bridgehead atoms. The van der Waals surface area contributed by atoms with E-state index in [2.05, 4.69) is 4.72 Å². The van der Waals surface area contributed by atoms with Gasteiger partial charge in [0, 0.05) is 23.7 Å². The smallest absolute Gasteiger partial charge is 0.273 e. The molecule has 0 aromatic heterocycles. The topological polar surface area (TPSA) is 98.5 Å². The van der Waals surface area contributed by atoms with Crippen LogP contribution in [0, 0.1) is 17.0 Å². The minimum absolute atomic E-state index is 0.0218. The van der Waals surface area contributed by atoms with E-state index in [0.29, 0.717) is 16.9 Å². The van der Waals surface area contributed by atoms with Crippen LogP contribution in [-0.2, 0) is 16.6 Å². The Morgan fingerprint density at radius 3 is 2.57 bits per heavy atom. The van der Waals surface area contributed by atoms with Crippen LogP contribution >= 0.6 is 0 Å². The Labute approximate surface area is 134 Å². The average Bonchev–Trinajstić information content (AvgIpc) is 2.53. The molecule has 2 rings (SSSR count). The molecule has 0 atom stereocenters. The van der Waals surface area contributed by atoms with Gasteiger partial charge in [-0.1, -0.05) is 24.3 Å². The first-order valence-electron chi connectivity index (χ1n) is 6.72. The summed E-state index contributed by atoms with van der Waals surface area (Å²) in [6.07, 6.45) is 0. The first-order valence-corrected chi connectivity index (χ1v) is 8.20. The Hall–Kier alpha value is -2.45. The molecular weight excluding hydrogens is 320 g/mol. The van der Waals surface area contributed by atoms with E-state index in [1.165, 1.54) is 19.2 Å². The van der Waals surface area contributed by atoms with Crippen molar-refractivity contribution in [3.05, 3.63) is 63.7 Å². The number of rotatable bonds is 6. The number of nitrogens with zero attached hydrogens (tertiary/aromatic N) is 1. The summed E-state index contributed by atoms with van der Waals surface area (Å²) in [7, 11) is -2.37. The third-order valence-corrected chi connectivity index (χ3v) is 4.73. The highest BCUT2D eigenvalue weighted by molar-refractivity contribution is 7.89. The standard InChI is InChI=1S/C15H16N2O5S/c1-11-7-8-13(9-14(11)17(18)19)23(20,21)16-10-12-5-3-4-6-15(12)22-2/h3-9,16H,10H2,1-2H3. The van der Waals surface area contributed by atoms with Crippen molar-refractivity contribution in [2.75, 3.05) is 7.11 Å². The van der Waals surface area contributed by atoms with Crippen molar-refractivity contribution in [3.63, 3.8) is 0 Å². The summed E-state index contributed by atoms with van der Waals surface area (Å²) in [5, 5.41) is 10.9. The van der Waals surface area contributed by atoms with Gasteiger partial charge in [-0.15, -0.1) is 0 Å². The molecule has 23 heavy (non-hydrogen) atoms. The van der Waals surface area contributed by atoms with Gasteiger partial charge in [0.25, 0.3) is 5.69 Å². The van der Waals surface area contributed by atoms with Crippen LogP contribution in [0.15, 0.2) is 47.4 Å². The highest BCUT2D eigenvalue weighted by Crippen LogP contribution is 2.23. The summed E-state index contributed by atoms with van der Waals surface area (Å²) >= 11 is 0. The molecule has 0 aliphatic heterocycles. The van der Waals surface area contributed by atoms with Crippen LogP contribution in [-0.4, -0.2) is 20.5 Å². The number of nitro benzene ring substituents is 1. The van der Waals surface area contributed by atoms with Crippen molar-refractivity contribution in [1.82, 2.24) is 4.72 Å². The Balaban J connectivity index is 2.26. The lowest BCUT2D eigenvalue weighted by Gasteiger charge is -2.10.